The summed E-state index contributed by atoms with van der Waals surface area (Å²) in [4.78, 5) is 55.2. The average Bonchev–Trinajstić information content (AvgIpc) is 3.08. The van der Waals surface area contributed by atoms with Crippen LogP contribution in [0.5, 0.6) is 0 Å². The van der Waals surface area contributed by atoms with Crippen LogP contribution < -0.4 is 10.6 Å². The zero-order valence-corrected chi connectivity index (χ0v) is 17.4. The summed E-state index contributed by atoms with van der Waals surface area (Å²) in [7, 11) is 0. The number of aromatic nitrogens is 1. The van der Waals surface area contributed by atoms with Crippen LogP contribution in [0.2, 0.25) is 0 Å². The smallest absolute Gasteiger partial charge is 0.255 e. The zero-order valence-electron chi connectivity index (χ0n) is 17.4. The molecule has 4 rings (SSSR count). The topological polar surface area (TPSA) is 108 Å². The molecule has 0 radical (unpaired) electrons. The van der Waals surface area contributed by atoms with E-state index >= 15 is 0 Å². The summed E-state index contributed by atoms with van der Waals surface area (Å²) in [5.74, 6) is -1.15. The molecule has 3 heterocycles. The van der Waals surface area contributed by atoms with E-state index in [1.807, 2.05) is 32.0 Å². The predicted octanol–water partition coefficient (Wildman–Crippen LogP) is 1.97. The van der Waals surface area contributed by atoms with Crippen molar-refractivity contribution in [3.05, 3.63) is 65.0 Å². The fourth-order valence-corrected chi connectivity index (χ4v) is 4.08. The van der Waals surface area contributed by atoms with Crippen molar-refractivity contribution in [3.63, 3.8) is 0 Å². The van der Waals surface area contributed by atoms with Crippen LogP contribution in [0, 0.1) is 5.92 Å². The third kappa shape index (κ3) is 4.05. The van der Waals surface area contributed by atoms with Crippen LogP contribution in [0.25, 0.3) is 0 Å². The van der Waals surface area contributed by atoms with Crippen molar-refractivity contribution in [1.82, 2.24) is 20.5 Å². The van der Waals surface area contributed by atoms with Crippen LogP contribution in [-0.4, -0.2) is 39.6 Å². The van der Waals surface area contributed by atoms with E-state index in [0.717, 1.165) is 5.69 Å². The summed E-state index contributed by atoms with van der Waals surface area (Å²) in [6.45, 7) is 4.26. The summed E-state index contributed by atoms with van der Waals surface area (Å²) < 4.78 is 0. The number of carbonyl (C=O) groups is 4. The number of carbonyl (C=O) groups excluding carboxylic acids is 4. The maximum Gasteiger partial charge on any atom is 0.255 e. The Bertz CT molecular complexity index is 1050. The van der Waals surface area contributed by atoms with Gasteiger partial charge in [0.1, 0.15) is 6.04 Å². The van der Waals surface area contributed by atoms with Crippen molar-refractivity contribution in [2.75, 3.05) is 0 Å². The summed E-state index contributed by atoms with van der Waals surface area (Å²) in [5.41, 5.74) is 2.40. The molecule has 8 heteroatoms. The molecule has 0 bridgehead atoms. The van der Waals surface area contributed by atoms with Crippen molar-refractivity contribution in [2.24, 2.45) is 5.92 Å². The Morgan fingerprint density at radius 2 is 2.00 bits per heavy atom. The van der Waals surface area contributed by atoms with Gasteiger partial charge in [0.25, 0.3) is 11.8 Å². The molecule has 1 saturated heterocycles. The lowest BCUT2D eigenvalue weighted by Gasteiger charge is -2.29. The van der Waals surface area contributed by atoms with E-state index in [1.165, 1.54) is 4.90 Å². The van der Waals surface area contributed by atoms with Crippen molar-refractivity contribution in [1.29, 1.82) is 0 Å². The van der Waals surface area contributed by atoms with Crippen LogP contribution in [-0.2, 0) is 16.1 Å². The van der Waals surface area contributed by atoms with E-state index in [1.54, 1.807) is 24.4 Å². The lowest BCUT2D eigenvalue weighted by atomic mass is 9.99. The molecule has 2 aliphatic rings. The number of rotatable bonds is 5. The molecular formula is C23H24N4O4. The van der Waals surface area contributed by atoms with Crippen LogP contribution in [0.15, 0.2) is 42.6 Å². The van der Waals surface area contributed by atoms with Crippen molar-refractivity contribution in [2.45, 2.75) is 45.3 Å². The lowest BCUT2D eigenvalue weighted by molar-refractivity contribution is -0.136. The largest absolute Gasteiger partial charge is 0.343 e. The first-order chi connectivity index (χ1) is 14.8. The van der Waals surface area contributed by atoms with Crippen LogP contribution in [0.4, 0.5) is 0 Å². The van der Waals surface area contributed by atoms with E-state index in [0.29, 0.717) is 23.1 Å². The van der Waals surface area contributed by atoms with E-state index in [4.69, 9.17) is 0 Å². The number of hydrogen-bond acceptors (Lipinski definition) is 5. The number of pyridine rings is 1. The third-order valence-electron chi connectivity index (χ3n) is 5.75. The van der Waals surface area contributed by atoms with Gasteiger partial charge >= 0.3 is 0 Å². The number of hydrogen-bond donors (Lipinski definition) is 2. The zero-order chi connectivity index (χ0) is 22.1. The highest BCUT2D eigenvalue weighted by Gasteiger charge is 2.39. The molecule has 2 N–H and O–H groups in total. The Labute approximate surface area is 180 Å². The minimum absolute atomic E-state index is 0.137. The third-order valence-corrected chi connectivity index (χ3v) is 5.75. The summed E-state index contributed by atoms with van der Waals surface area (Å²) in [5, 5.41) is 5.33. The first-order valence-corrected chi connectivity index (χ1v) is 10.3. The first kappa shape index (κ1) is 20.7. The molecule has 4 amide bonds. The number of nitrogens with zero attached hydrogens (tertiary/aromatic N) is 2. The first-order valence-electron chi connectivity index (χ1n) is 10.3. The molecule has 2 aromatic rings. The number of amides is 4. The number of imide groups is 1. The second kappa shape index (κ2) is 8.29. The quantitative estimate of drug-likeness (QED) is 0.719. The fourth-order valence-electron chi connectivity index (χ4n) is 4.08. The summed E-state index contributed by atoms with van der Waals surface area (Å²) in [6, 6.07) is 9.62. The predicted molar refractivity (Wildman–Crippen MR) is 112 cm³/mol. The second-order valence-corrected chi connectivity index (χ2v) is 8.22. The molecule has 2 atom stereocenters. The Hall–Kier alpha value is -3.55. The van der Waals surface area contributed by atoms with Gasteiger partial charge in [0, 0.05) is 30.3 Å². The van der Waals surface area contributed by atoms with E-state index in [-0.39, 0.29) is 42.6 Å². The van der Waals surface area contributed by atoms with E-state index in [9.17, 15) is 19.2 Å². The van der Waals surface area contributed by atoms with Crippen LogP contribution >= 0.6 is 0 Å². The molecule has 160 valence electrons. The highest BCUT2D eigenvalue weighted by Crippen LogP contribution is 2.28. The second-order valence-electron chi connectivity index (χ2n) is 8.22. The van der Waals surface area contributed by atoms with Gasteiger partial charge in [-0.1, -0.05) is 19.9 Å². The SMILES string of the molecule is CC(C)[C@@H](NC(=O)c1ccc2c(c1)CN(C1CCC(=O)NC1=O)C2=O)c1ccccn1. The Morgan fingerprint density at radius 1 is 1.19 bits per heavy atom. The highest BCUT2D eigenvalue weighted by atomic mass is 16.2. The van der Waals surface area contributed by atoms with Gasteiger partial charge in [0.05, 0.1) is 11.7 Å². The Kier molecular flexibility index (Phi) is 5.54. The normalized spacial score (nSPS) is 19.3. The van der Waals surface area contributed by atoms with Crippen molar-refractivity contribution >= 4 is 23.6 Å². The maximum absolute atomic E-state index is 12.9. The Balaban J connectivity index is 1.52. The van der Waals surface area contributed by atoms with Gasteiger partial charge in [-0.3, -0.25) is 29.5 Å². The highest BCUT2D eigenvalue weighted by molar-refractivity contribution is 6.06. The van der Waals surface area contributed by atoms with Gasteiger partial charge in [-0.15, -0.1) is 0 Å². The van der Waals surface area contributed by atoms with E-state index < -0.39 is 11.9 Å². The molecule has 0 spiro atoms. The lowest BCUT2D eigenvalue weighted by Crippen LogP contribution is -2.52. The van der Waals surface area contributed by atoms with Gasteiger partial charge in [-0.2, -0.15) is 0 Å². The molecule has 1 unspecified atom stereocenters. The van der Waals surface area contributed by atoms with Gasteiger partial charge in [-0.25, -0.2) is 0 Å². The number of nitrogens with one attached hydrogen (secondary N) is 2. The molecule has 0 saturated carbocycles. The number of benzene rings is 1. The van der Waals surface area contributed by atoms with Gasteiger partial charge in [-0.05, 0) is 48.2 Å². The Morgan fingerprint density at radius 3 is 2.68 bits per heavy atom. The monoisotopic (exact) mass is 420 g/mol. The van der Waals surface area contributed by atoms with Crippen molar-refractivity contribution < 1.29 is 19.2 Å². The average molecular weight is 420 g/mol. The van der Waals surface area contributed by atoms with Crippen LogP contribution in [0.3, 0.4) is 0 Å². The molecule has 1 aromatic heterocycles. The molecule has 1 fully saturated rings. The molecule has 0 aliphatic carbocycles. The van der Waals surface area contributed by atoms with Crippen molar-refractivity contribution in [3.8, 4) is 0 Å². The number of fused-ring (bicyclic) bond motifs is 1. The summed E-state index contributed by atoms with van der Waals surface area (Å²) >= 11 is 0. The van der Waals surface area contributed by atoms with Gasteiger partial charge in [0.15, 0.2) is 0 Å². The van der Waals surface area contributed by atoms with Gasteiger partial charge in [0.2, 0.25) is 11.8 Å². The minimum Gasteiger partial charge on any atom is -0.343 e. The summed E-state index contributed by atoms with van der Waals surface area (Å²) in [6.07, 6.45) is 2.20. The molecule has 1 aromatic carbocycles. The molecule has 8 nitrogen and oxygen atoms in total. The molecular weight excluding hydrogens is 396 g/mol. The maximum atomic E-state index is 12.9. The van der Waals surface area contributed by atoms with Gasteiger partial charge < -0.3 is 10.2 Å². The minimum atomic E-state index is -0.677. The number of piperidine rings is 1. The molecule has 2 aliphatic heterocycles. The fraction of sp³-hybridized carbons (Fsp3) is 0.348. The standard InChI is InChI=1S/C23H24N4O4/c1-13(2)20(17-5-3-4-10-24-17)26-21(29)14-6-7-16-15(11-14)12-27(23(16)31)18-8-9-19(28)25-22(18)30/h3-7,10-11,13,18,20H,8-9,12H2,1-2H3,(H,26,29)(H,25,28,30)/t18?,20-/m1/s1. The van der Waals surface area contributed by atoms with Crippen LogP contribution in [0.1, 0.15) is 64.7 Å². The molecule has 31 heavy (non-hydrogen) atoms. The van der Waals surface area contributed by atoms with E-state index in [2.05, 4.69) is 15.6 Å².